The van der Waals surface area contributed by atoms with Crippen molar-refractivity contribution in [3.8, 4) is 0 Å². The Bertz CT molecular complexity index is 493. The minimum absolute atomic E-state index is 0.0266. The fourth-order valence-corrected chi connectivity index (χ4v) is 6.05. The van der Waals surface area contributed by atoms with E-state index >= 15 is 0 Å². The topological polar surface area (TPSA) is 55.4 Å². The van der Waals surface area contributed by atoms with E-state index in [-0.39, 0.29) is 24.8 Å². The van der Waals surface area contributed by atoms with Crippen LogP contribution in [0.2, 0.25) is 0 Å². The second-order valence-electron chi connectivity index (χ2n) is 8.95. The second kappa shape index (κ2) is 8.72. The predicted molar refractivity (Wildman–Crippen MR) is 105 cm³/mol. The molecular formula is C21H32O6S. The average molecular weight is 413 g/mol. The summed E-state index contributed by atoms with van der Waals surface area (Å²) >= 11 is 5.14. The van der Waals surface area contributed by atoms with Crippen molar-refractivity contribution in [3.05, 3.63) is 0 Å². The van der Waals surface area contributed by atoms with E-state index in [9.17, 15) is 0 Å². The second-order valence-corrected chi connectivity index (χ2v) is 9.28. The molecule has 158 valence electrons. The largest absolute Gasteiger partial charge is 0.450 e. The number of fused-ring (bicyclic) bond motifs is 3. The quantitative estimate of drug-likeness (QED) is 0.620. The maximum Gasteiger partial charge on any atom is 0.353 e. The van der Waals surface area contributed by atoms with Crippen LogP contribution in [0.1, 0.15) is 51.4 Å². The monoisotopic (exact) mass is 412 g/mol. The van der Waals surface area contributed by atoms with E-state index in [0.717, 1.165) is 65.0 Å². The van der Waals surface area contributed by atoms with Crippen LogP contribution in [0.3, 0.4) is 0 Å². The molecule has 4 atom stereocenters. The molecule has 0 spiro atoms. The van der Waals surface area contributed by atoms with E-state index in [1.165, 1.54) is 12.8 Å². The summed E-state index contributed by atoms with van der Waals surface area (Å²) in [6, 6.07) is 0. The summed E-state index contributed by atoms with van der Waals surface area (Å²) in [6.07, 6.45) is 8.79. The maximum absolute atomic E-state index is 6.17. The van der Waals surface area contributed by atoms with Crippen LogP contribution < -0.4 is 0 Å². The number of ether oxygens (including phenoxy) is 6. The van der Waals surface area contributed by atoms with Crippen molar-refractivity contribution in [2.75, 3.05) is 26.4 Å². The molecule has 2 bridgehead atoms. The third-order valence-corrected chi connectivity index (χ3v) is 7.54. The van der Waals surface area contributed by atoms with Crippen molar-refractivity contribution < 1.29 is 28.4 Å². The Labute approximate surface area is 172 Å². The first kappa shape index (κ1) is 19.5. The highest BCUT2D eigenvalue weighted by Crippen LogP contribution is 2.55. The molecule has 7 heteroatoms. The van der Waals surface area contributed by atoms with Gasteiger partial charge in [-0.15, -0.1) is 0 Å². The van der Waals surface area contributed by atoms with Gasteiger partial charge in [0.25, 0.3) is 0 Å². The third-order valence-electron chi connectivity index (χ3n) is 7.34. The highest BCUT2D eigenvalue weighted by atomic mass is 32.1. The van der Waals surface area contributed by atoms with Crippen molar-refractivity contribution in [2.45, 2.75) is 76.2 Å². The minimum Gasteiger partial charge on any atom is -0.450 e. The first-order chi connectivity index (χ1) is 13.8. The van der Waals surface area contributed by atoms with Crippen LogP contribution in [0.5, 0.6) is 0 Å². The van der Waals surface area contributed by atoms with Crippen molar-refractivity contribution in [1.29, 1.82) is 0 Å². The van der Waals surface area contributed by atoms with Crippen molar-refractivity contribution in [1.82, 2.24) is 0 Å². The SMILES string of the molecule is S=C1OC2CC3C(COC4CCCCO4)C(CC2O1)C3COC1CCCCO1. The number of thiocarbonyl (C=S) groups is 1. The molecule has 0 radical (unpaired) electrons. The van der Waals surface area contributed by atoms with E-state index in [0.29, 0.717) is 28.9 Å². The Morgan fingerprint density at radius 1 is 0.750 bits per heavy atom. The summed E-state index contributed by atoms with van der Waals surface area (Å²) in [4.78, 5) is 0. The summed E-state index contributed by atoms with van der Waals surface area (Å²) in [5.41, 5.74) is 0. The first-order valence-corrected chi connectivity index (χ1v) is 11.5. The lowest BCUT2D eigenvalue weighted by Crippen LogP contribution is -2.51. The molecule has 0 aromatic rings. The molecule has 3 saturated heterocycles. The van der Waals surface area contributed by atoms with Gasteiger partial charge in [-0.1, -0.05) is 0 Å². The summed E-state index contributed by atoms with van der Waals surface area (Å²) in [5, 5.41) is 0.322. The number of rotatable bonds is 6. The Hall–Kier alpha value is -0.470. The fraction of sp³-hybridized carbons (Fsp3) is 0.952. The van der Waals surface area contributed by atoms with Gasteiger partial charge in [0.15, 0.2) is 12.6 Å². The molecule has 0 aromatic carbocycles. The van der Waals surface area contributed by atoms with E-state index in [1.807, 2.05) is 0 Å². The summed E-state index contributed by atoms with van der Waals surface area (Å²) < 4.78 is 35.5. The molecule has 2 aliphatic carbocycles. The molecule has 0 aromatic heterocycles. The molecule has 2 saturated carbocycles. The molecule has 28 heavy (non-hydrogen) atoms. The highest BCUT2D eigenvalue weighted by Gasteiger charge is 2.57. The van der Waals surface area contributed by atoms with Gasteiger partial charge in [0.2, 0.25) is 0 Å². The van der Waals surface area contributed by atoms with Crippen LogP contribution in [0, 0.1) is 23.7 Å². The van der Waals surface area contributed by atoms with E-state index in [2.05, 4.69) is 0 Å². The van der Waals surface area contributed by atoms with Gasteiger partial charge in [0.1, 0.15) is 12.2 Å². The van der Waals surface area contributed by atoms with E-state index < -0.39 is 0 Å². The van der Waals surface area contributed by atoms with Crippen LogP contribution in [-0.2, 0) is 28.4 Å². The van der Waals surface area contributed by atoms with Crippen LogP contribution in [0.4, 0.5) is 0 Å². The summed E-state index contributed by atoms with van der Waals surface area (Å²) in [7, 11) is 0. The van der Waals surface area contributed by atoms with Gasteiger partial charge >= 0.3 is 5.24 Å². The van der Waals surface area contributed by atoms with Crippen molar-refractivity contribution >= 4 is 17.5 Å². The van der Waals surface area contributed by atoms with Gasteiger partial charge in [0.05, 0.1) is 13.2 Å². The van der Waals surface area contributed by atoms with Gasteiger partial charge in [-0.2, -0.15) is 0 Å². The maximum atomic E-state index is 6.17. The molecule has 5 aliphatic rings. The first-order valence-electron chi connectivity index (χ1n) is 11.1. The van der Waals surface area contributed by atoms with Crippen molar-refractivity contribution in [2.24, 2.45) is 23.7 Å². The zero-order valence-corrected chi connectivity index (χ0v) is 17.3. The van der Waals surface area contributed by atoms with Crippen LogP contribution in [0.15, 0.2) is 0 Å². The van der Waals surface area contributed by atoms with Gasteiger partial charge in [-0.25, -0.2) is 0 Å². The van der Waals surface area contributed by atoms with Gasteiger partial charge in [-0.3, -0.25) is 0 Å². The fourth-order valence-electron chi connectivity index (χ4n) is 5.80. The lowest BCUT2D eigenvalue weighted by Gasteiger charge is -2.51. The molecule has 5 rings (SSSR count). The average Bonchev–Trinajstić information content (AvgIpc) is 2.92. The Morgan fingerprint density at radius 2 is 1.25 bits per heavy atom. The molecule has 3 aliphatic heterocycles. The lowest BCUT2D eigenvalue weighted by atomic mass is 9.56. The minimum atomic E-state index is -0.0266. The molecular weight excluding hydrogens is 380 g/mol. The lowest BCUT2D eigenvalue weighted by molar-refractivity contribution is -0.214. The van der Waals surface area contributed by atoms with Gasteiger partial charge < -0.3 is 28.4 Å². The Morgan fingerprint density at radius 3 is 1.68 bits per heavy atom. The smallest absolute Gasteiger partial charge is 0.353 e. The van der Waals surface area contributed by atoms with Crippen molar-refractivity contribution in [3.63, 3.8) is 0 Å². The van der Waals surface area contributed by atoms with E-state index in [4.69, 9.17) is 40.6 Å². The summed E-state index contributed by atoms with van der Waals surface area (Å²) in [6.45, 7) is 3.17. The Kier molecular flexibility index (Phi) is 6.07. The third kappa shape index (κ3) is 4.06. The van der Waals surface area contributed by atoms with Crippen LogP contribution >= 0.6 is 12.2 Å². The zero-order valence-electron chi connectivity index (χ0n) is 16.5. The number of hydrogen-bond donors (Lipinski definition) is 0. The standard InChI is InChI=1S/C21H32O6S/c28-21-26-17-9-13-15(11-24-19-5-1-3-7-22-19)14(10-18(17)27-21)16(13)12-25-20-6-2-4-8-23-20/h13-20H,1-12H2. The van der Waals surface area contributed by atoms with Gasteiger partial charge in [0, 0.05) is 25.4 Å². The molecule has 5 fully saturated rings. The zero-order chi connectivity index (χ0) is 18.9. The normalized spacial score (nSPS) is 45.4. The Balaban J connectivity index is 1.20. The molecule has 4 unspecified atom stereocenters. The highest BCUT2D eigenvalue weighted by molar-refractivity contribution is 7.79. The molecule has 0 N–H and O–H groups in total. The van der Waals surface area contributed by atoms with E-state index in [1.54, 1.807) is 0 Å². The summed E-state index contributed by atoms with van der Waals surface area (Å²) in [5.74, 6) is 2.10. The predicted octanol–water partition coefficient (Wildman–Crippen LogP) is 3.41. The van der Waals surface area contributed by atoms with Crippen LogP contribution in [0.25, 0.3) is 0 Å². The number of hydrogen-bond acceptors (Lipinski definition) is 7. The van der Waals surface area contributed by atoms with Crippen LogP contribution in [-0.4, -0.2) is 56.5 Å². The molecule has 6 nitrogen and oxygen atoms in total. The van der Waals surface area contributed by atoms with Gasteiger partial charge in [-0.05, 0) is 75.0 Å². The molecule has 3 heterocycles. The molecule has 0 amide bonds.